The highest BCUT2D eigenvalue weighted by Crippen LogP contribution is 2.22. The normalized spacial score (nSPS) is 10.3. The maximum Gasteiger partial charge on any atom is 0.255 e. The summed E-state index contributed by atoms with van der Waals surface area (Å²) in [7, 11) is 0. The Balaban J connectivity index is 2.52. The first-order valence-corrected chi connectivity index (χ1v) is 4.41. The molecule has 1 N–H and O–H groups in total. The summed E-state index contributed by atoms with van der Waals surface area (Å²) in [5.41, 5.74) is 2.42. The Bertz CT molecular complexity index is 505. The first kappa shape index (κ1) is 9.58. The van der Waals surface area contributed by atoms with Gasteiger partial charge in [-0.2, -0.15) is 5.10 Å². The topological polar surface area (TPSA) is 45.8 Å². The van der Waals surface area contributed by atoms with Gasteiger partial charge in [0.25, 0.3) is 6.29 Å². The number of nitrogens with one attached hydrogen (secondary N) is 1. The molecule has 0 amide bonds. The summed E-state index contributed by atoms with van der Waals surface area (Å²) in [6.07, 6.45) is 1.67. The lowest BCUT2D eigenvalue weighted by molar-refractivity contribution is 0.561. The number of aromatic amines is 1. The second-order valence-corrected chi connectivity index (χ2v) is 3.23. The Morgan fingerprint density at radius 2 is 2.20 bits per heavy atom. The minimum atomic E-state index is -0.318. The van der Waals surface area contributed by atoms with Gasteiger partial charge in [0, 0.05) is 5.56 Å². The van der Waals surface area contributed by atoms with E-state index in [0.717, 1.165) is 5.56 Å². The molecule has 0 unspecified atom stereocenters. The van der Waals surface area contributed by atoms with E-state index in [2.05, 4.69) is 10.2 Å². The van der Waals surface area contributed by atoms with Crippen molar-refractivity contribution in [1.29, 1.82) is 0 Å². The van der Waals surface area contributed by atoms with Crippen molar-refractivity contribution in [2.75, 3.05) is 0 Å². The second-order valence-electron chi connectivity index (χ2n) is 3.23. The van der Waals surface area contributed by atoms with Crippen LogP contribution in [0.15, 0.2) is 24.3 Å². The van der Waals surface area contributed by atoms with Crippen molar-refractivity contribution >= 4 is 6.29 Å². The number of nitrogens with zero attached hydrogens (tertiary/aromatic N) is 1. The summed E-state index contributed by atoms with van der Waals surface area (Å²) in [5.74, 6) is -0.318. The largest absolute Gasteiger partial charge is 0.283 e. The Hall–Kier alpha value is -1.97. The molecule has 0 aliphatic rings. The third kappa shape index (κ3) is 1.79. The van der Waals surface area contributed by atoms with Crippen LogP contribution in [0, 0.1) is 12.7 Å². The SMILES string of the molecule is Cc1ccc(F)cc1-c1cc([C]=O)n[nH]1. The van der Waals surface area contributed by atoms with Crippen molar-refractivity contribution in [1.82, 2.24) is 10.2 Å². The van der Waals surface area contributed by atoms with Crippen LogP contribution in [0.25, 0.3) is 11.3 Å². The molecule has 1 aromatic carbocycles. The van der Waals surface area contributed by atoms with Gasteiger partial charge in [0.1, 0.15) is 11.5 Å². The zero-order valence-electron chi connectivity index (χ0n) is 8.04. The third-order valence-corrected chi connectivity index (χ3v) is 2.17. The molecule has 3 nitrogen and oxygen atoms in total. The molecule has 0 bridgehead atoms. The van der Waals surface area contributed by atoms with Crippen LogP contribution >= 0.6 is 0 Å². The number of aromatic nitrogens is 2. The van der Waals surface area contributed by atoms with Gasteiger partial charge in [0.05, 0.1) is 5.69 Å². The summed E-state index contributed by atoms with van der Waals surface area (Å²) < 4.78 is 13.0. The van der Waals surface area contributed by atoms with E-state index in [1.807, 2.05) is 6.92 Å². The van der Waals surface area contributed by atoms with Gasteiger partial charge < -0.3 is 0 Å². The van der Waals surface area contributed by atoms with E-state index in [0.29, 0.717) is 11.3 Å². The van der Waals surface area contributed by atoms with E-state index >= 15 is 0 Å². The highest BCUT2D eigenvalue weighted by Gasteiger charge is 2.07. The molecule has 0 saturated heterocycles. The van der Waals surface area contributed by atoms with Gasteiger partial charge in [-0.3, -0.25) is 9.89 Å². The highest BCUT2D eigenvalue weighted by molar-refractivity contribution is 5.76. The van der Waals surface area contributed by atoms with Crippen LogP contribution in [0.3, 0.4) is 0 Å². The molecule has 0 spiro atoms. The zero-order valence-corrected chi connectivity index (χ0v) is 8.04. The lowest BCUT2D eigenvalue weighted by atomic mass is 10.1. The molecule has 15 heavy (non-hydrogen) atoms. The van der Waals surface area contributed by atoms with E-state index in [-0.39, 0.29) is 11.5 Å². The summed E-state index contributed by atoms with van der Waals surface area (Å²) in [5, 5.41) is 6.37. The quantitative estimate of drug-likeness (QED) is 0.811. The molecule has 1 heterocycles. The molecule has 0 aliphatic carbocycles. The summed E-state index contributed by atoms with van der Waals surface area (Å²) in [4.78, 5) is 10.3. The number of aryl methyl sites for hydroxylation is 1. The van der Waals surface area contributed by atoms with Crippen LogP contribution in [-0.2, 0) is 4.79 Å². The van der Waals surface area contributed by atoms with Crippen LogP contribution in [-0.4, -0.2) is 16.5 Å². The van der Waals surface area contributed by atoms with Gasteiger partial charge in [-0.15, -0.1) is 0 Å². The predicted octanol–water partition coefficient (Wildman–Crippen LogP) is 1.98. The average molecular weight is 203 g/mol. The molecular weight excluding hydrogens is 195 g/mol. The average Bonchev–Trinajstić information content (AvgIpc) is 2.70. The number of hydrogen-bond donors (Lipinski definition) is 1. The fourth-order valence-corrected chi connectivity index (χ4v) is 1.40. The van der Waals surface area contributed by atoms with Crippen molar-refractivity contribution in [3.05, 3.63) is 41.3 Å². The molecule has 1 radical (unpaired) electrons. The number of carbonyl (C=O) groups excluding carboxylic acids is 1. The maximum atomic E-state index is 13.0. The van der Waals surface area contributed by atoms with Crippen molar-refractivity contribution in [2.45, 2.75) is 6.92 Å². The van der Waals surface area contributed by atoms with Gasteiger partial charge in [0.2, 0.25) is 0 Å². The van der Waals surface area contributed by atoms with E-state index in [1.165, 1.54) is 18.2 Å². The van der Waals surface area contributed by atoms with E-state index < -0.39 is 0 Å². The number of benzene rings is 1. The lowest BCUT2D eigenvalue weighted by Crippen LogP contribution is -1.85. The van der Waals surface area contributed by atoms with Crippen LogP contribution in [0.5, 0.6) is 0 Å². The van der Waals surface area contributed by atoms with Crippen LogP contribution in [0.1, 0.15) is 11.3 Å². The molecule has 0 atom stereocenters. The summed E-state index contributed by atoms with van der Waals surface area (Å²) >= 11 is 0. The third-order valence-electron chi connectivity index (χ3n) is 2.17. The van der Waals surface area contributed by atoms with Crippen molar-refractivity contribution in [3.63, 3.8) is 0 Å². The van der Waals surface area contributed by atoms with Gasteiger partial charge >= 0.3 is 0 Å². The number of halogens is 1. The molecule has 1 aromatic heterocycles. The summed E-state index contributed by atoms with van der Waals surface area (Å²) in [6, 6.07) is 6.00. The fraction of sp³-hybridized carbons (Fsp3) is 0.0909. The number of H-pyrrole nitrogens is 1. The molecule has 4 heteroatoms. The first-order chi connectivity index (χ1) is 7.20. The second kappa shape index (κ2) is 3.65. The highest BCUT2D eigenvalue weighted by atomic mass is 19.1. The number of rotatable bonds is 2. The Morgan fingerprint density at radius 1 is 1.40 bits per heavy atom. The monoisotopic (exact) mass is 203 g/mol. The Kier molecular flexibility index (Phi) is 2.33. The molecule has 0 fully saturated rings. The smallest absolute Gasteiger partial charge is 0.255 e. The van der Waals surface area contributed by atoms with Gasteiger partial charge in [-0.1, -0.05) is 6.07 Å². The van der Waals surface area contributed by atoms with Crippen LogP contribution in [0.4, 0.5) is 4.39 Å². The van der Waals surface area contributed by atoms with Gasteiger partial charge in [-0.05, 0) is 30.7 Å². The molecule has 0 saturated carbocycles. The van der Waals surface area contributed by atoms with E-state index in [4.69, 9.17) is 0 Å². The molecule has 2 aromatic rings. The van der Waals surface area contributed by atoms with Crippen LogP contribution < -0.4 is 0 Å². The zero-order chi connectivity index (χ0) is 10.8. The predicted molar refractivity (Wildman–Crippen MR) is 53.5 cm³/mol. The van der Waals surface area contributed by atoms with E-state index in [1.54, 1.807) is 12.4 Å². The molecule has 2 rings (SSSR count). The maximum absolute atomic E-state index is 13.0. The lowest BCUT2D eigenvalue weighted by Gasteiger charge is -2.02. The molecule has 75 valence electrons. The van der Waals surface area contributed by atoms with Crippen molar-refractivity contribution in [3.8, 4) is 11.3 Å². The van der Waals surface area contributed by atoms with Gasteiger partial charge in [0.15, 0.2) is 0 Å². The Morgan fingerprint density at radius 3 is 2.87 bits per heavy atom. The minimum Gasteiger partial charge on any atom is -0.283 e. The van der Waals surface area contributed by atoms with E-state index in [9.17, 15) is 9.18 Å². The summed E-state index contributed by atoms with van der Waals surface area (Å²) in [6.45, 7) is 1.86. The standard InChI is InChI=1S/C11H8FN2O/c1-7-2-3-8(12)4-10(7)11-5-9(6-15)13-14-11/h2-5H,1H3,(H,13,14). The fourth-order valence-electron chi connectivity index (χ4n) is 1.40. The van der Waals surface area contributed by atoms with Crippen molar-refractivity contribution < 1.29 is 9.18 Å². The van der Waals surface area contributed by atoms with Crippen molar-refractivity contribution in [2.24, 2.45) is 0 Å². The molecule has 0 aliphatic heterocycles. The van der Waals surface area contributed by atoms with Crippen LogP contribution in [0.2, 0.25) is 0 Å². The minimum absolute atomic E-state index is 0.189. The molecular formula is C11H8FN2O. The Labute approximate surface area is 85.9 Å². The van der Waals surface area contributed by atoms with Gasteiger partial charge in [-0.25, -0.2) is 4.39 Å². The number of hydrogen-bond acceptors (Lipinski definition) is 2. The first-order valence-electron chi connectivity index (χ1n) is 4.41.